The maximum Gasteiger partial charge on any atom is 0.254 e. The average Bonchev–Trinajstić information content (AvgIpc) is 2.78. The number of nitrogens with zero attached hydrogens (tertiary/aromatic N) is 3. The molecular formula is C25H27ClN4O3. The van der Waals surface area contributed by atoms with Crippen molar-refractivity contribution in [2.45, 2.75) is 52.7 Å². The highest BCUT2D eigenvalue weighted by molar-refractivity contribution is 6.31. The lowest BCUT2D eigenvalue weighted by Crippen LogP contribution is -2.74. The molecule has 0 saturated heterocycles. The lowest BCUT2D eigenvalue weighted by atomic mass is 9.49. The molecule has 0 atom stereocenters. The van der Waals surface area contributed by atoms with Gasteiger partial charge >= 0.3 is 0 Å². The number of nitrogens with one attached hydrogen (secondary N) is 1. The average molecular weight is 467 g/mol. The number of aromatic nitrogens is 2. The first-order valence-corrected chi connectivity index (χ1v) is 11.0. The summed E-state index contributed by atoms with van der Waals surface area (Å²) in [5.41, 5.74) is 0.0503. The fourth-order valence-corrected chi connectivity index (χ4v) is 4.87. The number of carbonyl (C=O) groups is 1. The van der Waals surface area contributed by atoms with Crippen molar-refractivity contribution in [3.05, 3.63) is 52.6 Å². The van der Waals surface area contributed by atoms with Gasteiger partial charge in [0.1, 0.15) is 23.7 Å². The number of hydrogen-bond acceptors (Lipinski definition) is 6. The van der Waals surface area contributed by atoms with Crippen LogP contribution < -0.4 is 10.1 Å². The van der Waals surface area contributed by atoms with Gasteiger partial charge in [0, 0.05) is 41.8 Å². The van der Waals surface area contributed by atoms with Crippen LogP contribution in [0, 0.1) is 34.0 Å². The highest BCUT2D eigenvalue weighted by atomic mass is 35.5. The maximum atomic E-state index is 12.9. The molecule has 3 rings (SSSR count). The van der Waals surface area contributed by atoms with Gasteiger partial charge in [0.15, 0.2) is 0 Å². The summed E-state index contributed by atoms with van der Waals surface area (Å²) in [4.78, 5) is 21.3. The van der Waals surface area contributed by atoms with Crippen LogP contribution in [0.5, 0.6) is 5.75 Å². The van der Waals surface area contributed by atoms with E-state index in [0.29, 0.717) is 40.6 Å². The van der Waals surface area contributed by atoms with E-state index in [0.717, 1.165) is 0 Å². The topological polar surface area (TPSA) is 108 Å². The van der Waals surface area contributed by atoms with Crippen LogP contribution in [-0.4, -0.2) is 39.7 Å². The van der Waals surface area contributed by atoms with Crippen LogP contribution in [0.15, 0.2) is 30.6 Å². The summed E-state index contributed by atoms with van der Waals surface area (Å²) in [5.74, 6) is 6.56. The molecule has 2 aromatic rings. The Kier molecular flexibility index (Phi) is 7.27. The Hall–Kier alpha value is -3.13. The van der Waals surface area contributed by atoms with Gasteiger partial charge in [-0.2, -0.15) is 5.26 Å². The first kappa shape index (κ1) is 24.5. The van der Waals surface area contributed by atoms with E-state index in [1.807, 2.05) is 33.8 Å². The summed E-state index contributed by atoms with van der Waals surface area (Å²) >= 11 is 6.15. The SMILES string of the molecule is CC1(C)C(NC(=O)c2cnc(CC#CCCO)nc2)C(C)(C)C1Oc1ccc(C#N)c(Cl)c1. The second kappa shape index (κ2) is 9.79. The summed E-state index contributed by atoms with van der Waals surface area (Å²) in [5, 5.41) is 21.3. The van der Waals surface area contributed by atoms with E-state index >= 15 is 0 Å². The summed E-state index contributed by atoms with van der Waals surface area (Å²) in [6, 6.07) is 6.90. The maximum absolute atomic E-state index is 12.9. The zero-order valence-electron chi connectivity index (χ0n) is 19.1. The second-order valence-corrected chi connectivity index (χ2v) is 9.60. The molecule has 0 aliphatic heterocycles. The van der Waals surface area contributed by atoms with Crippen LogP contribution in [0.1, 0.15) is 55.9 Å². The molecule has 1 aliphatic carbocycles. The monoisotopic (exact) mass is 466 g/mol. The Labute approximate surface area is 199 Å². The number of ether oxygens (including phenoxy) is 1. The van der Waals surface area contributed by atoms with Crippen LogP contribution in [-0.2, 0) is 6.42 Å². The van der Waals surface area contributed by atoms with E-state index in [4.69, 9.17) is 26.7 Å². The number of amides is 1. The number of aliphatic hydroxyl groups is 1. The van der Waals surface area contributed by atoms with Crippen molar-refractivity contribution < 1.29 is 14.6 Å². The summed E-state index contributed by atoms with van der Waals surface area (Å²) in [7, 11) is 0. The highest BCUT2D eigenvalue weighted by Crippen LogP contribution is 2.55. The molecule has 1 aromatic carbocycles. The minimum absolute atomic E-state index is 0.0218. The third-order valence-corrected chi connectivity index (χ3v) is 6.32. The van der Waals surface area contributed by atoms with Crippen molar-refractivity contribution in [1.29, 1.82) is 5.26 Å². The van der Waals surface area contributed by atoms with E-state index in [9.17, 15) is 4.79 Å². The smallest absolute Gasteiger partial charge is 0.254 e. The normalized spacial score (nSPS) is 19.9. The Morgan fingerprint density at radius 2 is 1.88 bits per heavy atom. The van der Waals surface area contributed by atoms with Gasteiger partial charge in [-0.15, -0.1) is 5.92 Å². The van der Waals surface area contributed by atoms with Gasteiger partial charge in [0.05, 0.1) is 29.2 Å². The minimum Gasteiger partial charge on any atom is -0.489 e. The molecule has 2 N–H and O–H groups in total. The third-order valence-electron chi connectivity index (χ3n) is 6.01. The van der Waals surface area contributed by atoms with Gasteiger partial charge in [-0.05, 0) is 12.1 Å². The molecule has 33 heavy (non-hydrogen) atoms. The number of carbonyl (C=O) groups excluding carboxylic acids is 1. The van der Waals surface area contributed by atoms with Gasteiger partial charge in [0.2, 0.25) is 0 Å². The van der Waals surface area contributed by atoms with Crippen LogP contribution >= 0.6 is 11.6 Å². The third kappa shape index (κ3) is 5.11. The van der Waals surface area contributed by atoms with Gasteiger partial charge in [0.25, 0.3) is 5.91 Å². The largest absolute Gasteiger partial charge is 0.489 e. The Bertz CT molecular complexity index is 1110. The summed E-state index contributed by atoms with van der Waals surface area (Å²) < 4.78 is 6.25. The van der Waals surface area contributed by atoms with Crippen molar-refractivity contribution in [3.63, 3.8) is 0 Å². The molecule has 172 valence electrons. The number of rotatable bonds is 6. The second-order valence-electron chi connectivity index (χ2n) is 9.19. The van der Waals surface area contributed by atoms with Crippen molar-refractivity contribution in [2.75, 3.05) is 6.61 Å². The molecule has 0 radical (unpaired) electrons. The van der Waals surface area contributed by atoms with Crippen molar-refractivity contribution in [3.8, 4) is 23.7 Å². The zero-order chi connectivity index (χ0) is 24.2. The van der Waals surface area contributed by atoms with Crippen LogP contribution in [0.4, 0.5) is 0 Å². The van der Waals surface area contributed by atoms with Crippen molar-refractivity contribution in [2.24, 2.45) is 10.8 Å². The molecule has 1 aliphatic rings. The van der Waals surface area contributed by atoms with Gasteiger partial charge in [-0.25, -0.2) is 9.97 Å². The van der Waals surface area contributed by atoms with E-state index in [-0.39, 0.29) is 35.5 Å². The predicted octanol–water partition coefficient (Wildman–Crippen LogP) is 3.54. The van der Waals surface area contributed by atoms with Crippen LogP contribution in [0.25, 0.3) is 0 Å². The molecule has 0 bridgehead atoms. The molecule has 8 heteroatoms. The fourth-order valence-electron chi connectivity index (χ4n) is 4.66. The Morgan fingerprint density at radius 1 is 1.21 bits per heavy atom. The van der Waals surface area contributed by atoms with E-state index in [2.05, 4.69) is 27.1 Å². The van der Waals surface area contributed by atoms with Crippen molar-refractivity contribution in [1.82, 2.24) is 15.3 Å². The zero-order valence-corrected chi connectivity index (χ0v) is 19.9. The molecule has 0 spiro atoms. The molecule has 1 saturated carbocycles. The molecular weight excluding hydrogens is 440 g/mol. The molecule has 1 aromatic heterocycles. The lowest BCUT2D eigenvalue weighted by molar-refractivity contribution is -0.164. The fraction of sp³-hybridized carbons (Fsp3) is 0.440. The number of benzene rings is 1. The standard InChI is InChI=1S/C25H27ClN4O3/c1-24(2)22(25(3,4)23(24)33-18-10-9-16(13-27)19(26)12-18)30-21(32)17-14-28-20(29-15-17)8-6-5-7-11-31/h9-10,12,14-15,22-23,31H,7-8,11H2,1-4H3,(H,30,32). The summed E-state index contributed by atoms with van der Waals surface area (Å²) in [6.45, 7) is 8.20. The van der Waals surface area contributed by atoms with E-state index in [1.165, 1.54) is 12.4 Å². The Balaban J connectivity index is 1.67. The lowest BCUT2D eigenvalue weighted by Gasteiger charge is -2.63. The Morgan fingerprint density at radius 3 is 2.45 bits per heavy atom. The number of halogens is 1. The molecule has 7 nitrogen and oxygen atoms in total. The van der Waals surface area contributed by atoms with Gasteiger partial charge < -0.3 is 15.2 Å². The molecule has 1 heterocycles. The van der Waals surface area contributed by atoms with Crippen LogP contribution in [0.3, 0.4) is 0 Å². The van der Waals surface area contributed by atoms with E-state index in [1.54, 1.807) is 18.2 Å². The summed E-state index contributed by atoms with van der Waals surface area (Å²) in [6.07, 6.45) is 3.59. The first-order chi connectivity index (χ1) is 15.6. The number of aliphatic hydroxyl groups excluding tert-OH is 1. The predicted molar refractivity (Wildman–Crippen MR) is 125 cm³/mol. The molecule has 1 fully saturated rings. The number of hydrogen-bond donors (Lipinski definition) is 2. The van der Waals surface area contributed by atoms with E-state index < -0.39 is 0 Å². The minimum atomic E-state index is -0.359. The highest BCUT2D eigenvalue weighted by Gasteiger charge is 2.64. The van der Waals surface area contributed by atoms with Crippen molar-refractivity contribution >= 4 is 17.5 Å². The van der Waals surface area contributed by atoms with Gasteiger partial charge in [-0.1, -0.05) is 45.2 Å². The van der Waals surface area contributed by atoms with Crippen LogP contribution in [0.2, 0.25) is 5.02 Å². The molecule has 0 unspecified atom stereocenters. The quantitative estimate of drug-likeness (QED) is 0.630. The molecule has 1 amide bonds. The van der Waals surface area contributed by atoms with Gasteiger partial charge in [-0.3, -0.25) is 4.79 Å². The number of nitriles is 1. The first-order valence-electron chi connectivity index (χ1n) is 10.7.